The predicted octanol–water partition coefficient (Wildman–Crippen LogP) is 5.50. The van der Waals surface area contributed by atoms with Crippen molar-refractivity contribution in [2.24, 2.45) is 0 Å². The summed E-state index contributed by atoms with van der Waals surface area (Å²) in [7, 11) is 0. The van der Waals surface area contributed by atoms with Gasteiger partial charge in [0.25, 0.3) is 0 Å². The molecule has 1 aliphatic rings. The smallest absolute Gasteiger partial charge is 0.194 e. The van der Waals surface area contributed by atoms with E-state index in [-0.39, 0.29) is 5.78 Å². The van der Waals surface area contributed by atoms with Crippen LogP contribution in [0, 0.1) is 0 Å². The number of carbonyl (C=O) groups excluding carboxylic acids is 1. The minimum atomic E-state index is 0.125. The first-order valence-corrected chi connectivity index (χ1v) is 8.27. The van der Waals surface area contributed by atoms with Crippen LogP contribution in [0.5, 0.6) is 0 Å². The zero-order chi connectivity index (χ0) is 14.6. The topological polar surface area (TPSA) is 17.1 Å². The molecule has 3 aromatic carbocycles. The van der Waals surface area contributed by atoms with Gasteiger partial charge in [0, 0.05) is 26.5 Å². The Bertz CT molecular complexity index is 912. The van der Waals surface area contributed by atoms with Crippen molar-refractivity contribution in [2.75, 3.05) is 0 Å². The number of ketones is 1. The third-order valence-corrected chi connectivity index (χ3v) is 5.26. The van der Waals surface area contributed by atoms with Gasteiger partial charge in [-0.05, 0) is 40.1 Å². The number of hydrogen-bond donors (Lipinski definition) is 0. The van der Waals surface area contributed by atoms with Crippen molar-refractivity contribution in [3.05, 3.63) is 79.7 Å². The Morgan fingerprint density at radius 1 is 0.952 bits per heavy atom. The van der Waals surface area contributed by atoms with Crippen LogP contribution in [-0.2, 0) is 6.42 Å². The number of hydrogen-bond acceptors (Lipinski definition) is 1. The van der Waals surface area contributed by atoms with E-state index in [1.54, 1.807) is 0 Å². The van der Waals surface area contributed by atoms with E-state index in [4.69, 9.17) is 0 Å². The van der Waals surface area contributed by atoms with E-state index in [9.17, 15) is 4.79 Å². The largest absolute Gasteiger partial charge is 0.289 e. The van der Waals surface area contributed by atoms with Crippen molar-refractivity contribution in [1.29, 1.82) is 0 Å². The maximum absolute atomic E-state index is 12.9. The van der Waals surface area contributed by atoms with Gasteiger partial charge in [-0.25, -0.2) is 0 Å². The molecule has 1 nitrogen and oxygen atoms in total. The highest BCUT2D eigenvalue weighted by atomic mass is 79.9. The van der Waals surface area contributed by atoms with Crippen LogP contribution in [0.4, 0.5) is 0 Å². The molecule has 0 saturated heterocycles. The Hall–Kier alpha value is -1.45. The Morgan fingerprint density at radius 2 is 1.81 bits per heavy atom. The van der Waals surface area contributed by atoms with Crippen molar-refractivity contribution in [1.82, 2.24) is 0 Å². The molecule has 0 N–H and O–H groups in total. The van der Waals surface area contributed by atoms with Gasteiger partial charge in [0.1, 0.15) is 0 Å². The van der Waals surface area contributed by atoms with Gasteiger partial charge in [0.15, 0.2) is 5.78 Å². The molecule has 0 unspecified atom stereocenters. The molecule has 0 fully saturated rings. The third kappa shape index (κ3) is 1.99. The summed E-state index contributed by atoms with van der Waals surface area (Å²) in [6.45, 7) is 0. The van der Waals surface area contributed by atoms with Crippen LogP contribution in [0.25, 0.3) is 10.8 Å². The fourth-order valence-corrected chi connectivity index (χ4v) is 3.92. The Labute approximate surface area is 139 Å². The molecule has 3 heteroatoms. The van der Waals surface area contributed by atoms with Gasteiger partial charge in [0.2, 0.25) is 0 Å². The van der Waals surface area contributed by atoms with Gasteiger partial charge in [0.05, 0.1) is 0 Å². The van der Waals surface area contributed by atoms with E-state index in [0.29, 0.717) is 0 Å². The molecular weight excluding hydrogens is 392 g/mol. The second-order valence-corrected chi connectivity index (χ2v) is 7.01. The minimum Gasteiger partial charge on any atom is -0.289 e. The molecule has 21 heavy (non-hydrogen) atoms. The lowest BCUT2D eigenvalue weighted by Gasteiger charge is -2.21. The number of carbonyl (C=O) groups is 1. The summed E-state index contributed by atoms with van der Waals surface area (Å²) in [5, 5.41) is 2.13. The van der Waals surface area contributed by atoms with Crippen LogP contribution in [0.2, 0.25) is 0 Å². The lowest BCUT2D eigenvalue weighted by atomic mass is 9.82. The van der Waals surface area contributed by atoms with Crippen LogP contribution >= 0.6 is 31.9 Å². The average molecular weight is 402 g/mol. The molecule has 4 rings (SSSR count). The van der Waals surface area contributed by atoms with Gasteiger partial charge >= 0.3 is 0 Å². The van der Waals surface area contributed by atoms with Crippen molar-refractivity contribution in [3.8, 4) is 0 Å². The van der Waals surface area contributed by atoms with E-state index >= 15 is 0 Å². The number of benzene rings is 3. The van der Waals surface area contributed by atoms with Gasteiger partial charge in [-0.15, -0.1) is 0 Å². The van der Waals surface area contributed by atoms with Crippen LogP contribution in [0.3, 0.4) is 0 Å². The van der Waals surface area contributed by atoms with Crippen LogP contribution < -0.4 is 0 Å². The SMILES string of the molecule is O=C1c2cccc(Br)c2Cc2ccc3cc(Br)ccc3c21. The molecule has 0 aliphatic heterocycles. The first-order chi connectivity index (χ1) is 10.1. The molecule has 102 valence electrons. The number of halogens is 2. The molecule has 0 saturated carbocycles. The summed E-state index contributed by atoms with van der Waals surface area (Å²) in [5.74, 6) is 0.125. The fourth-order valence-electron chi connectivity index (χ4n) is 3.04. The standard InChI is InChI=1S/C18H10Br2O/c19-12-6-7-13-10(8-12)4-5-11-9-15-14(18(21)17(11)13)2-1-3-16(15)20/h1-8H,9H2. The highest BCUT2D eigenvalue weighted by Gasteiger charge is 2.26. The summed E-state index contributed by atoms with van der Waals surface area (Å²) in [6.07, 6.45) is 0.795. The molecule has 0 spiro atoms. The highest BCUT2D eigenvalue weighted by Crippen LogP contribution is 2.36. The Balaban J connectivity index is 2.04. The van der Waals surface area contributed by atoms with E-state index in [1.807, 2.05) is 30.3 Å². The quantitative estimate of drug-likeness (QED) is 0.380. The maximum Gasteiger partial charge on any atom is 0.194 e. The minimum absolute atomic E-state index is 0.125. The van der Waals surface area contributed by atoms with Crippen LogP contribution in [0.15, 0.2) is 57.5 Å². The first-order valence-electron chi connectivity index (χ1n) is 6.68. The fraction of sp³-hybridized carbons (Fsp3) is 0.0556. The van der Waals surface area contributed by atoms with Gasteiger partial charge in [-0.2, -0.15) is 0 Å². The van der Waals surface area contributed by atoms with Crippen molar-refractivity contribution in [2.45, 2.75) is 6.42 Å². The second kappa shape index (κ2) is 4.79. The lowest BCUT2D eigenvalue weighted by molar-refractivity contribution is 0.103. The molecule has 0 radical (unpaired) electrons. The third-order valence-electron chi connectivity index (χ3n) is 4.03. The monoisotopic (exact) mass is 400 g/mol. The first kappa shape index (κ1) is 13.2. The summed E-state index contributed by atoms with van der Waals surface area (Å²) in [6, 6.07) is 16.1. The van der Waals surface area contributed by atoms with E-state index in [2.05, 4.69) is 50.1 Å². The molecule has 0 heterocycles. The van der Waals surface area contributed by atoms with Crippen LogP contribution in [-0.4, -0.2) is 5.78 Å². The van der Waals surface area contributed by atoms with Crippen molar-refractivity contribution >= 4 is 48.4 Å². The zero-order valence-electron chi connectivity index (χ0n) is 11.0. The highest BCUT2D eigenvalue weighted by molar-refractivity contribution is 9.10. The molecule has 3 aromatic rings. The normalized spacial score (nSPS) is 13.1. The van der Waals surface area contributed by atoms with Gasteiger partial charge in [-0.3, -0.25) is 4.79 Å². The molecule has 0 atom stereocenters. The number of fused-ring (bicyclic) bond motifs is 4. The van der Waals surface area contributed by atoms with Crippen LogP contribution in [0.1, 0.15) is 27.0 Å². The summed E-state index contributed by atoms with van der Waals surface area (Å²) in [5.41, 5.74) is 3.86. The Morgan fingerprint density at radius 3 is 2.67 bits per heavy atom. The zero-order valence-corrected chi connectivity index (χ0v) is 14.2. The second-order valence-electron chi connectivity index (χ2n) is 5.24. The van der Waals surface area contributed by atoms with E-state index in [0.717, 1.165) is 48.4 Å². The van der Waals surface area contributed by atoms with Crippen molar-refractivity contribution < 1.29 is 4.79 Å². The van der Waals surface area contributed by atoms with E-state index in [1.165, 1.54) is 0 Å². The van der Waals surface area contributed by atoms with E-state index < -0.39 is 0 Å². The molecule has 0 aromatic heterocycles. The van der Waals surface area contributed by atoms with Gasteiger partial charge in [-0.1, -0.05) is 62.2 Å². The average Bonchev–Trinajstić information content (AvgIpc) is 2.48. The Kier molecular flexibility index (Phi) is 3.02. The van der Waals surface area contributed by atoms with Crippen molar-refractivity contribution in [3.63, 3.8) is 0 Å². The molecular formula is C18H10Br2O. The maximum atomic E-state index is 12.9. The summed E-state index contributed by atoms with van der Waals surface area (Å²) in [4.78, 5) is 12.9. The predicted molar refractivity (Wildman–Crippen MR) is 92.0 cm³/mol. The molecule has 0 amide bonds. The lowest BCUT2D eigenvalue weighted by Crippen LogP contribution is -2.16. The summed E-state index contributed by atoms with van der Waals surface area (Å²) >= 11 is 7.05. The molecule has 0 bridgehead atoms. The summed E-state index contributed by atoms with van der Waals surface area (Å²) < 4.78 is 2.04. The number of rotatable bonds is 0. The molecule has 1 aliphatic carbocycles. The van der Waals surface area contributed by atoms with Gasteiger partial charge < -0.3 is 0 Å².